The van der Waals surface area contributed by atoms with Crippen molar-refractivity contribution in [1.29, 1.82) is 0 Å². The van der Waals surface area contributed by atoms with Gasteiger partial charge in [0.05, 0.1) is 5.56 Å². The molecular weight excluding hydrogens is 184 g/mol. The molecule has 0 N–H and O–H groups in total. The van der Waals surface area contributed by atoms with Crippen LogP contribution in [-0.2, 0) is 16.1 Å². The van der Waals surface area contributed by atoms with Crippen LogP contribution >= 0.6 is 0 Å². The van der Waals surface area contributed by atoms with Crippen LogP contribution in [0.25, 0.3) is 0 Å². The van der Waals surface area contributed by atoms with Crippen molar-refractivity contribution >= 4 is 11.9 Å². The highest BCUT2D eigenvalue weighted by Gasteiger charge is 2.24. The normalized spacial score (nSPS) is 13.4. The summed E-state index contributed by atoms with van der Waals surface area (Å²) in [7, 11) is 0. The number of cyclic esters (lactones) is 1. The van der Waals surface area contributed by atoms with Crippen LogP contribution < -0.4 is 4.74 Å². The third-order valence-electron chi connectivity index (χ3n) is 1.95. The summed E-state index contributed by atoms with van der Waals surface area (Å²) >= 11 is 0. The molecule has 0 amide bonds. The number of fused-ring (bicyclic) bond motifs is 1. The Balaban J connectivity index is 2.43. The molecule has 14 heavy (non-hydrogen) atoms. The molecule has 0 saturated carbocycles. The number of esters is 2. The van der Waals surface area contributed by atoms with Gasteiger partial charge in [0, 0.05) is 12.5 Å². The average molecular weight is 192 g/mol. The Morgan fingerprint density at radius 1 is 1.50 bits per heavy atom. The van der Waals surface area contributed by atoms with Gasteiger partial charge in [-0.25, -0.2) is 4.79 Å². The van der Waals surface area contributed by atoms with E-state index in [-0.39, 0.29) is 12.6 Å². The van der Waals surface area contributed by atoms with E-state index in [1.54, 1.807) is 18.2 Å². The molecule has 0 atom stereocenters. The van der Waals surface area contributed by atoms with E-state index in [0.29, 0.717) is 16.9 Å². The molecule has 0 fully saturated rings. The third-order valence-corrected chi connectivity index (χ3v) is 1.95. The Bertz CT molecular complexity index is 409. The molecule has 2 rings (SSSR count). The maximum Gasteiger partial charge on any atom is 0.339 e. The number of ether oxygens (including phenoxy) is 2. The lowest BCUT2D eigenvalue weighted by Gasteiger charge is -2.03. The Labute approximate surface area is 80.4 Å². The van der Waals surface area contributed by atoms with Gasteiger partial charge in [0.1, 0.15) is 12.4 Å². The van der Waals surface area contributed by atoms with Crippen molar-refractivity contribution in [2.45, 2.75) is 13.5 Å². The fourth-order valence-electron chi connectivity index (χ4n) is 1.37. The maximum atomic E-state index is 11.1. The van der Waals surface area contributed by atoms with Gasteiger partial charge in [0.2, 0.25) is 0 Å². The highest BCUT2D eigenvalue weighted by Crippen LogP contribution is 2.28. The number of carbonyl (C=O) groups excluding carboxylic acids is 2. The van der Waals surface area contributed by atoms with Crippen molar-refractivity contribution in [3.8, 4) is 5.75 Å². The van der Waals surface area contributed by atoms with Crippen molar-refractivity contribution in [3.63, 3.8) is 0 Å². The first-order valence-corrected chi connectivity index (χ1v) is 4.16. The monoisotopic (exact) mass is 192 g/mol. The van der Waals surface area contributed by atoms with E-state index >= 15 is 0 Å². The number of carbonyl (C=O) groups is 2. The molecule has 4 heteroatoms. The van der Waals surface area contributed by atoms with E-state index in [1.165, 1.54) is 6.92 Å². The zero-order valence-electron chi connectivity index (χ0n) is 7.57. The minimum Gasteiger partial charge on any atom is -0.457 e. The molecule has 4 nitrogen and oxygen atoms in total. The van der Waals surface area contributed by atoms with Crippen molar-refractivity contribution < 1.29 is 19.1 Å². The Kier molecular flexibility index (Phi) is 1.96. The van der Waals surface area contributed by atoms with Crippen LogP contribution in [0.3, 0.4) is 0 Å². The molecule has 0 radical (unpaired) electrons. The zero-order chi connectivity index (χ0) is 10.1. The molecule has 0 aliphatic carbocycles. The number of benzene rings is 1. The minimum atomic E-state index is -0.405. The van der Waals surface area contributed by atoms with Gasteiger partial charge in [0.15, 0.2) is 0 Å². The van der Waals surface area contributed by atoms with Gasteiger partial charge in [-0.1, -0.05) is 6.07 Å². The minimum absolute atomic E-state index is 0.178. The largest absolute Gasteiger partial charge is 0.457 e. The van der Waals surface area contributed by atoms with Crippen LogP contribution in [0.4, 0.5) is 0 Å². The van der Waals surface area contributed by atoms with Gasteiger partial charge in [-0.05, 0) is 12.1 Å². The first-order chi connectivity index (χ1) is 6.68. The average Bonchev–Trinajstić information content (AvgIpc) is 2.49. The lowest BCUT2D eigenvalue weighted by Crippen LogP contribution is -2.03. The van der Waals surface area contributed by atoms with E-state index < -0.39 is 5.97 Å². The van der Waals surface area contributed by atoms with Crippen LogP contribution in [0.15, 0.2) is 18.2 Å². The van der Waals surface area contributed by atoms with Crippen LogP contribution in [0.1, 0.15) is 22.8 Å². The molecule has 1 aromatic carbocycles. The zero-order valence-corrected chi connectivity index (χ0v) is 7.57. The van der Waals surface area contributed by atoms with Crippen molar-refractivity contribution in [2.24, 2.45) is 0 Å². The molecule has 72 valence electrons. The number of hydrogen-bond acceptors (Lipinski definition) is 4. The standard InChI is InChI=1S/C10H8O4/c1-6(11)14-9-4-2-3-7-8(9)5-13-10(7)12/h2-4H,5H2,1H3. The van der Waals surface area contributed by atoms with Gasteiger partial charge < -0.3 is 9.47 Å². The van der Waals surface area contributed by atoms with E-state index in [4.69, 9.17) is 9.47 Å². The molecule has 1 aliphatic rings. The second-order valence-electron chi connectivity index (χ2n) is 2.95. The van der Waals surface area contributed by atoms with E-state index in [9.17, 15) is 9.59 Å². The topological polar surface area (TPSA) is 52.6 Å². The summed E-state index contributed by atoms with van der Waals surface area (Å²) in [6.07, 6.45) is 0. The molecule has 0 saturated heterocycles. The van der Waals surface area contributed by atoms with Crippen molar-refractivity contribution in [1.82, 2.24) is 0 Å². The summed E-state index contributed by atoms with van der Waals surface area (Å²) in [6.45, 7) is 1.49. The Morgan fingerprint density at radius 3 is 3.00 bits per heavy atom. The summed E-state index contributed by atoms with van der Waals surface area (Å²) in [5.41, 5.74) is 1.12. The summed E-state index contributed by atoms with van der Waals surface area (Å²) in [5, 5.41) is 0. The lowest BCUT2D eigenvalue weighted by molar-refractivity contribution is -0.131. The quantitative estimate of drug-likeness (QED) is 0.496. The first-order valence-electron chi connectivity index (χ1n) is 4.16. The molecule has 1 aromatic rings. The second-order valence-corrected chi connectivity index (χ2v) is 2.95. The maximum absolute atomic E-state index is 11.1. The van der Waals surface area contributed by atoms with E-state index in [1.807, 2.05) is 0 Å². The number of rotatable bonds is 1. The van der Waals surface area contributed by atoms with Crippen LogP contribution in [-0.4, -0.2) is 11.9 Å². The summed E-state index contributed by atoms with van der Waals surface area (Å²) in [5.74, 6) is -0.368. The highest BCUT2D eigenvalue weighted by atomic mass is 16.5. The van der Waals surface area contributed by atoms with Crippen LogP contribution in [0.2, 0.25) is 0 Å². The van der Waals surface area contributed by atoms with Crippen LogP contribution in [0, 0.1) is 0 Å². The van der Waals surface area contributed by atoms with Gasteiger partial charge in [-0.3, -0.25) is 4.79 Å². The molecular formula is C10H8O4. The second kappa shape index (κ2) is 3.14. The fraction of sp³-hybridized carbons (Fsp3) is 0.200. The first kappa shape index (κ1) is 8.74. The van der Waals surface area contributed by atoms with Crippen molar-refractivity contribution in [2.75, 3.05) is 0 Å². The molecule has 1 aliphatic heterocycles. The Morgan fingerprint density at radius 2 is 2.29 bits per heavy atom. The Hall–Kier alpha value is -1.84. The summed E-state index contributed by atoms with van der Waals surface area (Å²) in [4.78, 5) is 21.9. The van der Waals surface area contributed by atoms with Gasteiger partial charge in [0.25, 0.3) is 0 Å². The molecule has 0 unspecified atom stereocenters. The van der Waals surface area contributed by atoms with Gasteiger partial charge in [-0.2, -0.15) is 0 Å². The fourth-order valence-corrected chi connectivity index (χ4v) is 1.37. The summed E-state index contributed by atoms with van der Waals surface area (Å²) in [6, 6.07) is 4.95. The molecule has 1 heterocycles. The predicted octanol–water partition coefficient (Wildman–Crippen LogP) is 1.28. The van der Waals surface area contributed by atoms with Gasteiger partial charge >= 0.3 is 11.9 Å². The predicted molar refractivity (Wildman–Crippen MR) is 46.9 cm³/mol. The molecule has 0 spiro atoms. The van der Waals surface area contributed by atoms with E-state index in [2.05, 4.69) is 0 Å². The lowest BCUT2D eigenvalue weighted by atomic mass is 10.1. The molecule has 0 aromatic heterocycles. The third kappa shape index (κ3) is 1.35. The SMILES string of the molecule is CC(=O)Oc1cccc2c1COC2=O. The van der Waals surface area contributed by atoms with Crippen LogP contribution in [0.5, 0.6) is 5.75 Å². The smallest absolute Gasteiger partial charge is 0.339 e. The summed E-state index contributed by atoms with van der Waals surface area (Å²) < 4.78 is 9.75. The highest BCUT2D eigenvalue weighted by molar-refractivity contribution is 5.94. The van der Waals surface area contributed by atoms with Crippen molar-refractivity contribution in [3.05, 3.63) is 29.3 Å². The van der Waals surface area contributed by atoms with Gasteiger partial charge in [-0.15, -0.1) is 0 Å². The number of hydrogen-bond donors (Lipinski definition) is 0. The van der Waals surface area contributed by atoms with E-state index in [0.717, 1.165) is 0 Å². The molecule has 0 bridgehead atoms.